The van der Waals surface area contributed by atoms with Crippen LogP contribution in [0.25, 0.3) is 0 Å². The van der Waals surface area contributed by atoms with Crippen LogP contribution in [0.3, 0.4) is 0 Å². The van der Waals surface area contributed by atoms with E-state index >= 15 is 0 Å². The average molecular weight is 293 g/mol. The van der Waals surface area contributed by atoms with Crippen molar-refractivity contribution in [2.45, 2.75) is 18.6 Å². The van der Waals surface area contributed by atoms with E-state index in [1.165, 1.54) is 0 Å². The van der Waals surface area contributed by atoms with Gasteiger partial charge >= 0.3 is 12.0 Å². The molecule has 1 heterocycles. The van der Waals surface area contributed by atoms with Crippen molar-refractivity contribution in [1.82, 2.24) is 4.90 Å². The van der Waals surface area contributed by atoms with Gasteiger partial charge in [-0.15, -0.1) is 0 Å². The highest BCUT2D eigenvalue weighted by molar-refractivity contribution is 5.95. The quantitative estimate of drug-likeness (QED) is 0.766. The predicted octanol–water partition coefficient (Wildman–Crippen LogP) is 0.804. The summed E-state index contributed by atoms with van der Waals surface area (Å²) in [7, 11) is 3.70. The monoisotopic (exact) mass is 293 g/mol. The zero-order valence-electron chi connectivity index (χ0n) is 12.0. The number of benzene rings is 1. The number of likely N-dealkylation sites (tertiary alicyclic amines) is 1. The minimum Gasteiger partial charge on any atom is -0.480 e. The van der Waals surface area contributed by atoms with E-state index in [-0.39, 0.29) is 13.0 Å². The fourth-order valence-corrected chi connectivity index (χ4v) is 2.43. The highest BCUT2D eigenvalue weighted by atomic mass is 16.4. The molecule has 0 spiro atoms. The number of aliphatic hydroxyl groups excluding tert-OH is 1. The van der Waals surface area contributed by atoms with Crippen LogP contribution in [0.15, 0.2) is 24.3 Å². The Kier molecular flexibility index (Phi) is 4.32. The Balaban J connectivity index is 2.16. The van der Waals surface area contributed by atoms with Gasteiger partial charge in [0.05, 0.1) is 17.5 Å². The number of nitrogens with zero attached hydrogens (tertiary/aromatic N) is 2. The molecule has 0 unspecified atom stereocenters. The number of carboxylic acids is 1. The van der Waals surface area contributed by atoms with Gasteiger partial charge < -0.3 is 25.3 Å². The molecule has 1 saturated heterocycles. The number of aliphatic hydroxyl groups is 1. The van der Waals surface area contributed by atoms with E-state index in [1.807, 2.05) is 31.1 Å². The molecule has 1 aliphatic heterocycles. The number of aliphatic carboxylic acids is 1. The van der Waals surface area contributed by atoms with Crippen molar-refractivity contribution in [3.05, 3.63) is 24.3 Å². The topological polar surface area (TPSA) is 93.1 Å². The minimum absolute atomic E-state index is 0.0208. The zero-order chi connectivity index (χ0) is 15.6. The second-order valence-electron chi connectivity index (χ2n) is 5.24. The maximum Gasteiger partial charge on any atom is 0.326 e. The van der Waals surface area contributed by atoms with Crippen molar-refractivity contribution in [3.63, 3.8) is 0 Å². The van der Waals surface area contributed by atoms with E-state index in [1.54, 1.807) is 12.1 Å². The highest BCUT2D eigenvalue weighted by Crippen LogP contribution is 2.25. The van der Waals surface area contributed by atoms with Crippen molar-refractivity contribution < 1.29 is 19.8 Å². The first-order chi connectivity index (χ1) is 9.90. The summed E-state index contributed by atoms with van der Waals surface area (Å²) in [6, 6.07) is 5.72. The summed E-state index contributed by atoms with van der Waals surface area (Å²) in [5.41, 5.74) is 1.41. The number of carbonyl (C=O) groups is 2. The number of amides is 2. The summed E-state index contributed by atoms with van der Waals surface area (Å²) < 4.78 is 0. The van der Waals surface area contributed by atoms with E-state index in [4.69, 9.17) is 5.11 Å². The van der Waals surface area contributed by atoms with E-state index in [9.17, 15) is 14.7 Å². The van der Waals surface area contributed by atoms with Gasteiger partial charge in [-0.05, 0) is 12.1 Å². The maximum absolute atomic E-state index is 12.3. The fourth-order valence-electron chi connectivity index (χ4n) is 2.43. The van der Waals surface area contributed by atoms with Crippen LogP contribution in [-0.4, -0.2) is 59.9 Å². The van der Waals surface area contributed by atoms with Gasteiger partial charge in [0.25, 0.3) is 0 Å². The van der Waals surface area contributed by atoms with Crippen LogP contribution in [0.1, 0.15) is 6.42 Å². The molecule has 0 saturated carbocycles. The Bertz CT molecular complexity index is 547. The lowest BCUT2D eigenvalue weighted by Crippen LogP contribution is -2.43. The van der Waals surface area contributed by atoms with Crippen molar-refractivity contribution in [1.29, 1.82) is 0 Å². The number of carbonyl (C=O) groups excluding carboxylic acids is 1. The molecule has 2 atom stereocenters. The highest BCUT2D eigenvalue weighted by Gasteiger charge is 2.39. The average Bonchev–Trinajstić information content (AvgIpc) is 2.81. The second kappa shape index (κ2) is 6.01. The molecular formula is C14H19N3O4. The first-order valence-electron chi connectivity index (χ1n) is 6.65. The summed E-state index contributed by atoms with van der Waals surface area (Å²) in [5, 5.41) is 21.4. The molecule has 1 fully saturated rings. The number of rotatable bonds is 3. The number of β-amino-alcohol motifs (C(OH)–C–C–N with tert-alkyl or cyclic N) is 1. The molecule has 0 bridgehead atoms. The van der Waals surface area contributed by atoms with Crippen LogP contribution < -0.4 is 10.2 Å². The van der Waals surface area contributed by atoms with E-state index in [2.05, 4.69) is 5.32 Å². The van der Waals surface area contributed by atoms with Gasteiger partial charge in [-0.25, -0.2) is 9.59 Å². The van der Waals surface area contributed by atoms with Crippen LogP contribution >= 0.6 is 0 Å². The fraction of sp³-hybridized carbons (Fsp3) is 0.429. The van der Waals surface area contributed by atoms with Crippen molar-refractivity contribution in [2.24, 2.45) is 0 Å². The molecule has 3 N–H and O–H groups in total. The number of urea groups is 1. The van der Waals surface area contributed by atoms with E-state index < -0.39 is 24.1 Å². The Morgan fingerprint density at radius 1 is 1.33 bits per heavy atom. The van der Waals surface area contributed by atoms with Crippen molar-refractivity contribution >= 4 is 23.4 Å². The van der Waals surface area contributed by atoms with Gasteiger partial charge in [0.2, 0.25) is 0 Å². The zero-order valence-corrected chi connectivity index (χ0v) is 12.0. The molecule has 7 heteroatoms. The van der Waals surface area contributed by atoms with Crippen LogP contribution in [0.5, 0.6) is 0 Å². The summed E-state index contributed by atoms with van der Waals surface area (Å²) in [4.78, 5) is 26.4. The number of anilines is 2. The summed E-state index contributed by atoms with van der Waals surface area (Å²) in [6.45, 7) is 0.0208. The van der Waals surface area contributed by atoms with Crippen molar-refractivity contribution in [2.75, 3.05) is 30.9 Å². The number of carboxylic acid groups (broad SMARTS) is 1. The Morgan fingerprint density at radius 3 is 2.62 bits per heavy atom. The normalized spacial score (nSPS) is 21.2. The first kappa shape index (κ1) is 15.1. The van der Waals surface area contributed by atoms with Gasteiger partial charge in [0, 0.05) is 27.1 Å². The standard InChI is InChI=1S/C14H19N3O4/c1-16(2)11-6-4-3-5-10(11)15-14(21)17-8-9(18)7-12(17)13(19)20/h3-6,9,12,18H,7-8H2,1-2H3,(H,15,21)(H,19,20)/t9-,12+/m1/s1. The van der Waals surface area contributed by atoms with Crippen LogP contribution in [0.4, 0.5) is 16.2 Å². The van der Waals surface area contributed by atoms with Gasteiger partial charge in [0.1, 0.15) is 6.04 Å². The molecule has 2 rings (SSSR count). The Hall–Kier alpha value is -2.28. The third kappa shape index (κ3) is 3.25. The Morgan fingerprint density at radius 2 is 2.00 bits per heavy atom. The van der Waals surface area contributed by atoms with Gasteiger partial charge in [-0.1, -0.05) is 12.1 Å². The second-order valence-corrected chi connectivity index (χ2v) is 5.24. The number of hydrogen-bond acceptors (Lipinski definition) is 4. The molecule has 21 heavy (non-hydrogen) atoms. The van der Waals surface area contributed by atoms with E-state index in [0.717, 1.165) is 10.6 Å². The first-order valence-corrected chi connectivity index (χ1v) is 6.65. The van der Waals surface area contributed by atoms with Gasteiger partial charge in [-0.3, -0.25) is 0 Å². The summed E-state index contributed by atoms with van der Waals surface area (Å²) in [6.07, 6.45) is -0.751. The smallest absolute Gasteiger partial charge is 0.326 e. The molecule has 1 aromatic carbocycles. The van der Waals surface area contributed by atoms with Gasteiger partial charge in [0.15, 0.2) is 0 Å². The lowest BCUT2D eigenvalue weighted by molar-refractivity contribution is -0.141. The lowest BCUT2D eigenvalue weighted by Gasteiger charge is -2.23. The summed E-state index contributed by atoms with van der Waals surface area (Å²) in [5.74, 6) is -1.11. The number of para-hydroxylation sites is 2. The molecule has 1 aromatic rings. The molecule has 0 radical (unpaired) electrons. The lowest BCUT2D eigenvalue weighted by atomic mass is 10.2. The molecule has 0 aromatic heterocycles. The Labute approximate surface area is 122 Å². The van der Waals surface area contributed by atoms with E-state index in [0.29, 0.717) is 5.69 Å². The number of hydrogen-bond donors (Lipinski definition) is 3. The van der Waals surface area contributed by atoms with Crippen molar-refractivity contribution in [3.8, 4) is 0 Å². The minimum atomic E-state index is -1.11. The number of nitrogens with one attached hydrogen (secondary N) is 1. The predicted molar refractivity (Wildman–Crippen MR) is 78.5 cm³/mol. The molecule has 2 amide bonds. The third-order valence-electron chi connectivity index (χ3n) is 3.45. The molecule has 1 aliphatic rings. The molecular weight excluding hydrogens is 274 g/mol. The largest absolute Gasteiger partial charge is 0.480 e. The maximum atomic E-state index is 12.3. The molecule has 114 valence electrons. The summed E-state index contributed by atoms with van der Waals surface area (Å²) >= 11 is 0. The van der Waals surface area contributed by atoms with Crippen LogP contribution in [-0.2, 0) is 4.79 Å². The van der Waals surface area contributed by atoms with Gasteiger partial charge in [-0.2, -0.15) is 0 Å². The molecule has 0 aliphatic carbocycles. The molecule has 7 nitrogen and oxygen atoms in total. The SMILES string of the molecule is CN(C)c1ccccc1NC(=O)N1C[C@H](O)C[C@H]1C(=O)O. The van der Waals surface area contributed by atoms with Crippen LogP contribution in [0.2, 0.25) is 0 Å². The third-order valence-corrected chi connectivity index (χ3v) is 3.45. The van der Waals surface area contributed by atoms with Crippen LogP contribution in [0, 0.1) is 0 Å².